The summed E-state index contributed by atoms with van der Waals surface area (Å²) in [7, 11) is 0. The zero-order chi connectivity index (χ0) is 18.0. The van der Waals surface area contributed by atoms with E-state index in [0.29, 0.717) is 18.0 Å². The standard InChI is InChI=1S/C18H24F3NO2/c1-12(2)8-13-4-3-5-14(9-13)10-17(16(23)24,18(19,20)21)15-6-7-22-11-15/h3-5,9,12,15,22H,6-8,10-11H2,1-2H3,(H,23,24). The van der Waals surface area contributed by atoms with Crippen molar-refractivity contribution in [2.24, 2.45) is 17.3 Å². The highest BCUT2D eigenvalue weighted by atomic mass is 19.4. The minimum atomic E-state index is -4.80. The van der Waals surface area contributed by atoms with Gasteiger partial charge in [0.15, 0.2) is 5.41 Å². The van der Waals surface area contributed by atoms with E-state index >= 15 is 0 Å². The van der Waals surface area contributed by atoms with Crippen molar-refractivity contribution in [1.82, 2.24) is 5.32 Å². The molecule has 2 N–H and O–H groups in total. The minimum Gasteiger partial charge on any atom is -0.481 e. The first-order chi connectivity index (χ1) is 11.2. The molecule has 1 aliphatic rings. The molecule has 0 radical (unpaired) electrons. The van der Waals surface area contributed by atoms with E-state index in [9.17, 15) is 23.1 Å². The fraction of sp³-hybridized carbons (Fsp3) is 0.611. The number of rotatable bonds is 6. The first-order valence-corrected chi connectivity index (χ1v) is 8.25. The second-order valence-electron chi connectivity index (χ2n) is 7.06. The molecule has 0 aromatic heterocycles. The van der Waals surface area contributed by atoms with Gasteiger partial charge in [-0.1, -0.05) is 38.1 Å². The largest absolute Gasteiger partial charge is 0.481 e. The van der Waals surface area contributed by atoms with E-state index in [2.05, 4.69) is 5.32 Å². The Morgan fingerprint density at radius 1 is 1.33 bits per heavy atom. The Morgan fingerprint density at radius 3 is 2.50 bits per heavy atom. The number of hydrogen-bond acceptors (Lipinski definition) is 2. The van der Waals surface area contributed by atoms with Gasteiger partial charge in [-0.3, -0.25) is 4.79 Å². The molecular formula is C18H24F3NO2. The highest BCUT2D eigenvalue weighted by Gasteiger charge is 2.64. The second-order valence-corrected chi connectivity index (χ2v) is 7.06. The number of hydrogen-bond donors (Lipinski definition) is 2. The Balaban J connectivity index is 2.40. The van der Waals surface area contributed by atoms with Crippen LogP contribution >= 0.6 is 0 Å². The molecule has 0 bridgehead atoms. The minimum absolute atomic E-state index is 0.0808. The smallest absolute Gasteiger partial charge is 0.405 e. The molecule has 2 atom stereocenters. The van der Waals surface area contributed by atoms with Crippen LogP contribution in [0.3, 0.4) is 0 Å². The number of carbonyl (C=O) groups is 1. The van der Waals surface area contributed by atoms with Gasteiger partial charge in [0.1, 0.15) is 0 Å². The molecule has 2 unspecified atom stereocenters. The summed E-state index contributed by atoms with van der Waals surface area (Å²) in [6.45, 7) is 4.57. The summed E-state index contributed by atoms with van der Waals surface area (Å²) in [6, 6.07) is 6.89. The summed E-state index contributed by atoms with van der Waals surface area (Å²) in [6.07, 6.45) is -4.35. The maximum atomic E-state index is 13.9. The average Bonchev–Trinajstić information content (AvgIpc) is 2.96. The van der Waals surface area contributed by atoms with Crippen LogP contribution in [0.1, 0.15) is 31.4 Å². The van der Waals surface area contributed by atoms with Crippen molar-refractivity contribution < 1.29 is 23.1 Å². The van der Waals surface area contributed by atoms with Gasteiger partial charge in [-0.15, -0.1) is 0 Å². The van der Waals surface area contributed by atoms with Gasteiger partial charge >= 0.3 is 12.1 Å². The monoisotopic (exact) mass is 343 g/mol. The lowest BCUT2D eigenvalue weighted by molar-refractivity contribution is -0.245. The molecule has 0 saturated carbocycles. The molecule has 1 heterocycles. The van der Waals surface area contributed by atoms with Gasteiger partial charge < -0.3 is 10.4 Å². The Kier molecular flexibility index (Phi) is 5.58. The molecule has 3 nitrogen and oxygen atoms in total. The first-order valence-electron chi connectivity index (χ1n) is 8.25. The number of alkyl halides is 3. The molecule has 1 saturated heterocycles. The lowest BCUT2D eigenvalue weighted by atomic mass is 9.69. The molecule has 0 amide bonds. The molecule has 0 spiro atoms. The van der Waals surface area contributed by atoms with Crippen LogP contribution in [0.4, 0.5) is 13.2 Å². The van der Waals surface area contributed by atoms with Crippen molar-refractivity contribution >= 4 is 5.97 Å². The average molecular weight is 343 g/mol. The summed E-state index contributed by atoms with van der Waals surface area (Å²) in [5, 5.41) is 12.4. The van der Waals surface area contributed by atoms with Crippen LogP contribution < -0.4 is 5.32 Å². The molecule has 1 aromatic carbocycles. The SMILES string of the molecule is CC(C)Cc1cccc(CC(C(=O)O)(C2CCNC2)C(F)(F)F)c1. The molecule has 6 heteroatoms. The van der Waals surface area contributed by atoms with Gasteiger partial charge in [0.2, 0.25) is 0 Å². The van der Waals surface area contributed by atoms with Gasteiger partial charge in [0, 0.05) is 0 Å². The Labute approximate surface area is 140 Å². The van der Waals surface area contributed by atoms with E-state index in [1.807, 2.05) is 19.9 Å². The fourth-order valence-corrected chi connectivity index (χ4v) is 3.58. The summed E-state index contributed by atoms with van der Waals surface area (Å²) in [5.74, 6) is -2.35. The normalized spacial score (nSPS) is 21.0. The van der Waals surface area contributed by atoms with E-state index in [1.165, 1.54) is 0 Å². The number of aliphatic carboxylic acids is 1. The van der Waals surface area contributed by atoms with Crippen LogP contribution in [-0.2, 0) is 17.6 Å². The zero-order valence-electron chi connectivity index (χ0n) is 14.0. The van der Waals surface area contributed by atoms with Crippen LogP contribution in [0.15, 0.2) is 24.3 Å². The van der Waals surface area contributed by atoms with Crippen molar-refractivity contribution in [3.63, 3.8) is 0 Å². The van der Waals surface area contributed by atoms with Crippen molar-refractivity contribution in [3.05, 3.63) is 35.4 Å². The van der Waals surface area contributed by atoms with Crippen molar-refractivity contribution in [3.8, 4) is 0 Å². The van der Waals surface area contributed by atoms with Gasteiger partial charge in [0.25, 0.3) is 0 Å². The Morgan fingerprint density at radius 2 is 2.00 bits per heavy atom. The maximum Gasteiger partial charge on any atom is 0.405 e. The lowest BCUT2D eigenvalue weighted by Crippen LogP contribution is -2.53. The molecular weight excluding hydrogens is 319 g/mol. The number of nitrogens with one attached hydrogen (secondary N) is 1. The Bertz CT molecular complexity index is 580. The zero-order valence-corrected chi connectivity index (χ0v) is 14.0. The quantitative estimate of drug-likeness (QED) is 0.829. The fourth-order valence-electron chi connectivity index (χ4n) is 3.58. The second kappa shape index (κ2) is 7.13. The molecule has 1 fully saturated rings. The topological polar surface area (TPSA) is 49.3 Å². The van der Waals surface area contributed by atoms with Crippen LogP contribution in [0.25, 0.3) is 0 Å². The summed E-state index contributed by atoms with van der Waals surface area (Å²) in [5.41, 5.74) is -1.37. The van der Waals surface area contributed by atoms with Gasteiger partial charge in [-0.25, -0.2) is 0 Å². The molecule has 134 valence electrons. The van der Waals surface area contributed by atoms with E-state index < -0.39 is 29.9 Å². The highest BCUT2D eigenvalue weighted by molar-refractivity contribution is 5.77. The molecule has 24 heavy (non-hydrogen) atoms. The summed E-state index contributed by atoms with van der Waals surface area (Å²) in [4.78, 5) is 11.8. The Hall–Kier alpha value is -1.56. The van der Waals surface area contributed by atoms with Crippen molar-refractivity contribution in [2.45, 2.75) is 39.3 Å². The predicted octanol–water partition coefficient (Wildman–Crippen LogP) is 3.67. The number of carboxylic acids is 1. The van der Waals surface area contributed by atoms with Gasteiger partial charge in [0.05, 0.1) is 0 Å². The third-order valence-corrected chi connectivity index (χ3v) is 4.76. The van der Waals surface area contributed by atoms with Crippen LogP contribution in [0.5, 0.6) is 0 Å². The highest BCUT2D eigenvalue weighted by Crippen LogP contribution is 2.49. The maximum absolute atomic E-state index is 13.9. The van der Waals surface area contributed by atoms with E-state index in [-0.39, 0.29) is 13.0 Å². The predicted molar refractivity (Wildman–Crippen MR) is 85.8 cm³/mol. The molecule has 0 aliphatic carbocycles. The number of benzene rings is 1. The molecule has 1 aliphatic heterocycles. The molecule has 2 rings (SSSR count). The lowest BCUT2D eigenvalue weighted by Gasteiger charge is -2.36. The first kappa shape index (κ1) is 18.8. The third kappa shape index (κ3) is 3.74. The number of carboxylic acid groups (broad SMARTS) is 1. The van der Waals surface area contributed by atoms with Crippen molar-refractivity contribution in [2.75, 3.05) is 13.1 Å². The number of halogens is 3. The summed E-state index contributed by atoms with van der Waals surface area (Å²) >= 11 is 0. The van der Waals surface area contributed by atoms with Crippen LogP contribution in [0, 0.1) is 17.3 Å². The van der Waals surface area contributed by atoms with Crippen molar-refractivity contribution in [1.29, 1.82) is 0 Å². The van der Waals surface area contributed by atoms with Gasteiger partial charge in [-0.05, 0) is 55.3 Å². The molecule has 1 aromatic rings. The van der Waals surface area contributed by atoms with Gasteiger partial charge in [-0.2, -0.15) is 13.2 Å². The van der Waals surface area contributed by atoms with E-state index in [1.54, 1.807) is 18.2 Å². The van der Waals surface area contributed by atoms with Crippen LogP contribution in [-0.4, -0.2) is 30.3 Å². The van der Waals surface area contributed by atoms with E-state index in [0.717, 1.165) is 12.0 Å². The van der Waals surface area contributed by atoms with E-state index in [4.69, 9.17) is 0 Å². The van der Waals surface area contributed by atoms with Crippen LogP contribution in [0.2, 0.25) is 0 Å². The third-order valence-electron chi connectivity index (χ3n) is 4.76. The summed E-state index contributed by atoms with van der Waals surface area (Å²) < 4.78 is 41.6.